The molecule has 4 aliphatic heterocycles. The predicted molar refractivity (Wildman–Crippen MR) is 312 cm³/mol. The average molecular weight is 1120 g/mol. The van der Waals surface area contributed by atoms with Crippen molar-refractivity contribution in [3.05, 3.63) is 102 Å². The molecule has 0 spiro atoms. The van der Waals surface area contributed by atoms with Crippen LogP contribution in [0.25, 0.3) is 0 Å². The Morgan fingerprint density at radius 2 is 1.38 bits per heavy atom. The highest BCUT2D eigenvalue weighted by molar-refractivity contribution is 7.80. The van der Waals surface area contributed by atoms with Crippen molar-refractivity contribution in [3.63, 3.8) is 0 Å². The first-order valence-electron chi connectivity index (χ1n) is 28.3. The van der Waals surface area contributed by atoms with Crippen molar-refractivity contribution in [2.24, 2.45) is 5.92 Å². The Morgan fingerprint density at radius 3 is 1.97 bits per heavy atom. The van der Waals surface area contributed by atoms with Crippen LogP contribution in [0.3, 0.4) is 0 Å². The Bertz CT molecular complexity index is 2420. The number of methoxy groups -OCH3 is 2. The van der Waals surface area contributed by atoms with Crippen molar-refractivity contribution < 1.29 is 55.1 Å². The van der Waals surface area contributed by atoms with Crippen molar-refractivity contribution in [2.75, 3.05) is 26.6 Å². The topological polar surface area (TPSA) is 119 Å². The minimum absolute atomic E-state index is 0.0718. The predicted octanol–water partition coefficient (Wildman–Crippen LogP) is 14.2. The molecule has 430 valence electrons. The Labute approximate surface area is 468 Å². The summed E-state index contributed by atoms with van der Waals surface area (Å²) in [5.41, 5.74) is 1.56. The van der Waals surface area contributed by atoms with E-state index in [-0.39, 0.29) is 45.7 Å². The molecule has 12 atom stereocenters. The van der Waals surface area contributed by atoms with Crippen LogP contribution >= 0.6 is 0 Å². The molecule has 3 aromatic carbocycles. The molecule has 7 rings (SSSR count). The molecule has 12 nitrogen and oxygen atoms in total. The molecule has 3 aromatic rings. The van der Waals surface area contributed by atoms with E-state index >= 15 is 0 Å². The molecule has 1 unspecified atom stereocenters. The van der Waals surface area contributed by atoms with Gasteiger partial charge in [0.05, 0.1) is 74.9 Å². The lowest BCUT2D eigenvalue weighted by Gasteiger charge is -2.48. The lowest BCUT2D eigenvalue weighted by Crippen LogP contribution is -2.59. The van der Waals surface area contributed by atoms with Gasteiger partial charge in [0, 0.05) is 19.3 Å². The quantitative estimate of drug-likeness (QED) is 0.0594. The summed E-state index contributed by atoms with van der Waals surface area (Å²) in [5.74, 6) is 1.74. The van der Waals surface area contributed by atoms with Gasteiger partial charge in [-0.15, -0.1) is 0 Å². The summed E-state index contributed by atoms with van der Waals surface area (Å²) in [6.45, 7) is 35.3. The number of hydrogen-bond donors (Lipinski definition) is 0. The van der Waals surface area contributed by atoms with E-state index in [1.165, 1.54) is 5.57 Å². The van der Waals surface area contributed by atoms with Gasteiger partial charge in [-0.25, -0.2) is 4.21 Å². The van der Waals surface area contributed by atoms with Crippen LogP contribution in [-0.2, 0) is 61.6 Å². The van der Waals surface area contributed by atoms with E-state index in [0.29, 0.717) is 44.8 Å². The highest BCUT2D eigenvalue weighted by atomic mass is 32.2. The smallest absolute Gasteiger partial charge is 0.206 e. The third-order valence-corrected chi connectivity index (χ3v) is 27.6. The Balaban J connectivity index is 1.16. The maximum Gasteiger partial charge on any atom is 0.206 e. The number of fused-ring (bicyclic) bond motifs is 2. The first-order chi connectivity index (χ1) is 36.0. The van der Waals surface area contributed by atoms with Gasteiger partial charge < -0.3 is 50.9 Å². The number of rotatable bonds is 25. The van der Waals surface area contributed by atoms with E-state index in [4.69, 9.17) is 50.9 Å². The third kappa shape index (κ3) is 15.5. The number of allylic oxidation sites excluding steroid dienone is 1. The summed E-state index contributed by atoms with van der Waals surface area (Å²) in [6, 6.07) is 25.3. The molecule has 4 aliphatic rings. The zero-order valence-electron chi connectivity index (χ0n) is 49.9. The zero-order valence-corrected chi connectivity index (χ0v) is 52.7. The fraction of sp³-hybridized carbons (Fsp3) is 0.677. The van der Waals surface area contributed by atoms with Gasteiger partial charge in [-0.1, -0.05) is 103 Å². The summed E-state index contributed by atoms with van der Waals surface area (Å²) < 4.78 is 88.8. The van der Waals surface area contributed by atoms with Crippen molar-refractivity contribution in [3.8, 4) is 17.2 Å². The molecule has 0 amide bonds. The van der Waals surface area contributed by atoms with Crippen LogP contribution in [0.15, 0.2) is 90.5 Å². The first kappa shape index (κ1) is 61.7. The highest BCUT2D eigenvalue weighted by Crippen LogP contribution is 2.56. The van der Waals surface area contributed by atoms with Crippen molar-refractivity contribution in [2.45, 2.75) is 236 Å². The average Bonchev–Trinajstić information content (AvgIpc) is 4.14. The Kier molecular flexibility index (Phi) is 19.7. The molecular weight excluding hydrogens is 1020 g/mol. The van der Waals surface area contributed by atoms with E-state index < -0.39 is 63.0 Å². The SMILES string of the molecule is COc1ccc(COC/C(C)=C/[C@H](C)C[C@@]2(C)CC[C@H]([C@@]34CC[C@@](C)(C[C@H]([C@H]5O[C@@](C)([C@@H](OCc6ccc(OC)cc6)[C@H](CCS(=O)Oc6ccccc6)O[Si](C)(C)C(C)(C)C)C[C@@H]5O[Si](C)(C)C(C)(C)C)O3)O4)O2)cc1. The molecule has 0 aliphatic carbocycles. The van der Waals surface area contributed by atoms with Crippen LogP contribution in [0.5, 0.6) is 17.2 Å². The van der Waals surface area contributed by atoms with Crippen molar-refractivity contribution in [1.29, 1.82) is 0 Å². The van der Waals surface area contributed by atoms with E-state index in [1.54, 1.807) is 14.2 Å². The molecule has 2 bridgehead atoms. The second kappa shape index (κ2) is 24.7. The lowest BCUT2D eigenvalue weighted by atomic mass is 9.88. The lowest BCUT2D eigenvalue weighted by molar-refractivity contribution is -0.363. The second-order valence-electron chi connectivity index (χ2n) is 26.6. The zero-order chi connectivity index (χ0) is 56.2. The monoisotopic (exact) mass is 1120 g/mol. The number of hydrogen-bond acceptors (Lipinski definition) is 12. The largest absolute Gasteiger partial charge is 0.497 e. The minimum Gasteiger partial charge on any atom is -0.497 e. The Morgan fingerprint density at radius 1 is 0.766 bits per heavy atom. The van der Waals surface area contributed by atoms with Gasteiger partial charge in [-0.2, -0.15) is 0 Å². The van der Waals surface area contributed by atoms with E-state index in [2.05, 4.69) is 108 Å². The highest BCUT2D eigenvalue weighted by Gasteiger charge is 2.65. The van der Waals surface area contributed by atoms with Crippen LogP contribution in [-0.4, -0.2) is 107 Å². The van der Waals surface area contributed by atoms with Gasteiger partial charge in [-0.3, -0.25) is 0 Å². The molecule has 0 radical (unpaired) electrons. The number of para-hydroxylation sites is 1. The van der Waals surface area contributed by atoms with Gasteiger partial charge in [0.1, 0.15) is 35.6 Å². The van der Waals surface area contributed by atoms with Crippen LogP contribution in [0, 0.1) is 5.92 Å². The normalized spacial score (nSPS) is 29.8. The molecule has 15 heteroatoms. The van der Waals surface area contributed by atoms with E-state index in [9.17, 15) is 4.21 Å². The summed E-state index contributed by atoms with van der Waals surface area (Å²) >= 11 is -1.64. The van der Waals surface area contributed by atoms with Gasteiger partial charge in [0.25, 0.3) is 0 Å². The molecule has 0 N–H and O–H groups in total. The maximum absolute atomic E-state index is 13.9. The molecular formula is C62H96O12SSi2. The van der Waals surface area contributed by atoms with Gasteiger partial charge in [-0.05, 0) is 150 Å². The third-order valence-electron chi connectivity index (χ3n) is 17.6. The van der Waals surface area contributed by atoms with E-state index in [1.807, 2.05) is 78.9 Å². The van der Waals surface area contributed by atoms with Crippen LogP contribution in [0.1, 0.15) is 139 Å². The van der Waals surface area contributed by atoms with Crippen LogP contribution < -0.4 is 13.7 Å². The molecule has 4 heterocycles. The minimum atomic E-state index is -2.49. The summed E-state index contributed by atoms with van der Waals surface area (Å²) in [4.78, 5) is 0. The van der Waals surface area contributed by atoms with Gasteiger partial charge in [0.2, 0.25) is 11.1 Å². The van der Waals surface area contributed by atoms with Crippen LogP contribution in [0.4, 0.5) is 0 Å². The fourth-order valence-corrected chi connectivity index (χ4v) is 15.0. The van der Waals surface area contributed by atoms with Crippen molar-refractivity contribution >= 4 is 27.7 Å². The molecule has 77 heavy (non-hydrogen) atoms. The first-order valence-corrected chi connectivity index (χ1v) is 35.4. The number of ether oxygens (including phenoxy) is 8. The summed E-state index contributed by atoms with van der Waals surface area (Å²) in [6.07, 6.45) is 5.59. The summed E-state index contributed by atoms with van der Waals surface area (Å²) in [5, 5.41) is -0.199. The standard InChI is InChI=1S/C62H96O12SSi2/c1-44(37-45(2)41-66-42-46-23-27-48(64-12)28-24-46)38-59(9)33-31-54(69-59)62-35-34-60(10,74-62)39-52(68-62)55-53(73-77(16,17)58(6,7)8)40-61(11,70-55)56(67-43-47-25-29-49(65-13)30-26-47)51(72-76(14,15)57(3,4)5)32-36-75(63)71-50-21-19-18-20-22-50/h18-30,37,44,51-56H,31-36,38-43H2,1-17H3/b45-37+/t44-,51-,52+,53-,54+,55+,56-,59+,60-,61+,62-,75?/m0/s1. The molecule has 0 saturated carbocycles. The van der Waals surface area contributed by atoms with Gasteiger partial charge in [0.15, 0.2) is 22.4 Å². The van der Waals surface area contributed by atoms with Gasteiger partial charge >= 0.3 is 0 Å². The molecule has 4 saturated heterocycles. The summed E-state index contributed by atoms with van der Waals surface area (Å²) in [7, 11) is -1.55. The van der Waals surface area contributed by atoms with Crippen molar-refractivity contribution in [1.82, 2.24) is 0 Å². The molecule has 0 aromatic heterocycles. The van der Waals surface area contributed by atoms with Crippen LogP contribution in [0.2, 0.25) is 36.3 Å². The van der Waals surface area contributed by atoms with E-state index in [0.717, 1.165) is 54.7 Å². The molecule has 4 fully saturated rings. The second-order valence-corrected chi connectivity index (χ2v) is 37.3. The fourth-order valence-electron chi connectivity index (χ4n) is 11.4. The Hall–Kier alpha value is -2.94. The number of benzene rings is 3. The maximum atomic E-state index is 13.9.